The van der Waals surface area contributed by atoms with Crippen LogP contribution in [0, 0.1) is 28.6 Å². The summed E-state index contributed by atoms with van der Waals surface area (Å²) in [5.41, 5.74) is 2.75. The van der Waals surface area contributed by atoms with Gasteiger partial charge in [-0.25, -0.2) is 0 Å². The molecule has 1 saturated carbocycles. The number of aliphatic hydroxyl groups excluding tert-OH is 1. The topological polar surface area (TPSA) is 75.0 Å². The van der Waals surface area contributed by atoms with Crippen LogP contribution in [0.3, 0.4) is 0 Å². The first-order valence-corrected chi connectivity index (χ1v) is 12.1. The molecule has 176 valence electrons. The van der Waals surface area contributed by atoms with E-state index in [0.29, 0.717) is 25.0 Å². The van der Waals surface area contributed by atoms with Crippen LogP contribution in [0.4, 0.5) is 0 Å². The molecule has 0 aromatic heterocycles. The number of hydrogen-bond acceptors (Lipinski definition) is 6. The van der Waals surface area contributed by atoms with Gasteiger partial charge >= 0.3 is 0 Å². The fraction of sp³-hybridized carbons (Fsp3) is 0.731. The Morgan fingerprint density at radius 3 is 2.66 bits per heavy atom. The molecule has 6 nitrogen and oxygen atoms in total. The SMILES string of the molecule is COc1cc2c(cc1OCCOC(C#N)C1CC1)CCN1C[C@@H](CC(C)(C)C)[C@H](O)C[C@H]21. The maximum absolute atomic E-state index is 10.9. The van der Waals surface area contributed by atoms with Gasteiger partial charge in [-0.05, 0) is 72.6 Å². The number of fused-ring (bicyclic) bond motifs is 3. The molecule has 1 saturated heterocycles. The molecule has 4 atom stereocenters. The summed E-state index contributed by atoms with van der Waals surface area (Å²) in [6, 6.07) is 6.67. The smallest absolute Gasteiger partial charge is 0.161 e. The summed E-state index contributed by atoms with van der Waals surface area (Å²) in [6.45, 7) is 9.49. The van der Waals surface area contributed by atoms with Gasteiger partial charge in [-0.1, -0.05) is 20.8 Å². The van der Waals surface area contributed by atoms with E-state index in [2.05, 4.69) is 43.9 Å². The average Bonchev–Trinajstić information content (AvgIpc) is 3.58. The Labute approximate surface area is 192 Å². The number of nitrogens with zero attached hydrogens (tertiary/aromatic N) is 2. The monoisotopic (exact) mass is 442 g/mol. The van der Waals surface area contributed by atoms with Crippen molar-refractivity contribution >= 4 is 0 Å². The second kappa shape index (κ2) is 9.59. The first kappa shape index (κ1) is 23.4. The Morgan fingerprint density at radius 1 is 1.22 bits per heavy atom. The Bertz CT molecular complexity index is 839. The molecule has 3 aliphatic rings. The van der Waals surface area contributed by atoms with Crippen molar-refractivity contribution in [3.05, 3.63) is 23.3 Å². The van der Waals surface area contributed by atoms with E-state index < -0.39 is 0 Å². The van der Waals surface area contributed by atoms with Crippen molar-refractivity contribution in [2.75, 3.05) is 33.4 Å². The molecule has 6 heteroatoms. The van der Waals surface area contributed by atoms with Gasteiger partial charge in [0, 0.05) is 19.1 Å². The zero-order valence-corrected chi connectivity index (χ0v) is 20.0. The fourth-order valence-electron chi connectivity index (χ4n) is 5.36. The van der Waals surface area contributed by atoms with E-state index in [-0.39, 0.29) is 23.7 Å². The third-order valence-corrected chi connectivity index (χ3v) is 7.06. The molecule has 1 aromatic rings. The van der Waals surface area contributed by atoms with Crippen LogP contribution >= 0.6 is 0 Å². The average molecular weight is 443 g/mol. The number of aliphatic hydroxyl groups is 1. The summed E-state index contributed by atoms with van der Waals surface area (Å²) in [4.78, 5) is 2.54. The standard InChI is InChI=1S/C26H38N2O4/c1-26(2,3)14-19-16-28-8-7-18-11-24(31-9-10-32-25(15-27)17-5-6-17)23(30-4)12-20(18)21(28)13-22(19)29/h11-12,17,19,21-22,25,29H,5-10,13-14,16H2,1-4H3/t19-,21-,22-,25?/m1/s1. The van der Waals surface area contributed by atoms with E-state index in [0.717, 1.165) is 56.7 Å². The summed E-state index contributed by atoms with van der Waals surface area (Å²) < 4.78 is 17.3. The molecule has 0 spiro atoms. The Balaban J connectivity index is 1.41. The molecule has 2 aliphatic heterocycles. The van der Waals surface area contributed by atoms with Crippen molar-refractivity contribution < 1.29 is 19.3 Å². The predicted octanol–water partition coefficient (Wildman–Crippen LogP) is 4.11. The van der Waals surface area contributed by atoms with Gasteiger partial charge in [0.15, 0.2) is 11.5 Å². The summed E-state index contributed by atoms with van der Waals surface area (Å²) in [5, 5.41) is 20.1. The quantitative estimate of drug-likeness (QED) is 0.611. The van der Waals surface area contributed by atoms with Crippen LogP contribution in [-0.4, -0.2) is 55.6 Å². The van der Waals surface area contributed by atoms with Gasteiger partial charge in [-0.15, -0.1) is 0 Å². The van der Waals surface area contributed by atoms with Crippen LogP contribution in [0.1, 0.15) is 63.6 Å². The van der Waals surface area contributed by atoms with E-state index in [4.69, 9.17) is 14.2 Å². The lowest BCUT2D eigenvalue weighted by Gasteiger charge is -2.47. The first-order chi connectivity index (χ1) is 15.3. The summed E-state index contributed by atoms with van der Waals surface area (Å²) in [7, 11) is 1.67. The molecule has 0 bridgehead atoms. The van der Waals surface area contributed by atoms with E-state index >= 15 is 0 Å². The van der Waals surface area contributed by atoms with Gasteiger partial charge in [-0.3, -0.25) is 4.90 Å². The third-order valence-electron chi connectivity index (χ3n) is 7.06. The number of rotatable bonds is 8. The second-order valence-corrected chi connectivity index (χ2v) is 10.9. The molecule has 0 amide bonds. The van der Waals surface area contributed by atoms with Gasteiger partial charge in [-0.2, -0.15) is 5.26 Å². The van der Waals surface area contributed by atoms with Crippen molar-refractivity contribution in [3.8, 4) is 17.6 Å². The minimum absolute atomic E-state index is 0.220. The maximum atomic E-state index is 10.9. The number of hydrogen-bond donors (Lipinski definition) is 1. The molecular formula is C26H38N2O4. The van der Waals surface area contributed by atoms with Crippen molar-refractivity contribution in [2.45, 2.75) is 71.1 Å². The molecule has 2 heterocycles. The number of ether oxygens (including phenoxy) is 3. The van der Waals surface area contributed by atoms with Crippen molar-refractivity contribution in [1.29, 1.82) is 5.26 Å². The van der Waals surface area contributed by atoms with E-state index in [1.807, 2.05) is 0 Å². The molecule has 1 aliphatic carbocycles. The molecule has 1 unspecified atom stereocenters. The van der Waals surface area contributed by atoms with Gasteiger partial charge in [0.25, 0.3) is 0 Å². The highest BCUT2D eigenvalue weighted by atomic mass is 16.5. The molecular weight excluding hydrogens is 404 g/mol. The Morgan fingerprint density at radius 2 is 2.00 bits per heavy atom. The van der Waals surface area contributed by atoms with Gasteiger partial charge in [0.2, 0.25) is 0 Å². The predicted molar refractivity (Wildman–Crippen MR) is 123 cm³/mol. The molecule has 2 fully saturated rings. The number of piperidine rings is 1. The number of methoxy groups -OCH3 is 1. The molecule has 32 heavy (non-hydrogen) atoms. The summed E-state index contributed by atoms with van der Waals surface area (Å²) in [5.74, 6) is 2.17. The Kier molecular flexibility index (Phi) is 7.00. The molecule has 0 radical (unpaired) electrons. The minimum Gasteiger partial charge on any atom is -0.493 e. The fourth-order valence-corrected chi connectivity index (χ4v) is 5.36. The van der Waals surface area contributed by atoms with Crippen LogP contribution in [0.5, 0.6) is 11.5 Å². The molecule has 4 rings (SSSR count). The van der Waals surface area contributed by atoms with Crippen LogP contribution in [-0.2, 0) is 11.2 Å². The van der Waals surface area contributed by atoms with Crippen LogP contribution in [0.2, 0.25) is 0 Å². The van der Waals surface area contributed by atoms with Crippen LogP contribution in [0.15, 0.2) is 12.1 Å². The highest BCUT2D eigenvalue weighted by Crippen LogP contribution is 2.44. The zero-order valence-electron chi connectivity index (χ0n) is 20.0. The van der Waals surface area contributed by atoms with Gasteiger partial charge in [0.05, 0.1) is 25.9 Å². The van der Waals surface area contributed by atoms with Crippen LogP contribution in [0.25, 0.3) is 0 Å². The molecule has 1 N–H and O–H groups in total. The lowest BCUT2D eigenvalue weighted by molar-refractivity contribution is -0.0259. The minimum atomic E-state index is -0.310. The van der Waals surface area contributed by atoms with Crippen molar-refractivity contribution in [1.82, 2.24) is 4.90 Å². The Hall–Kier alpha value is -1.81. The van der Waals surface area contributed by atoms with Crippen molar-refractivity contribution in [2.24, 2.45) is 17.3 Å². The largest absolute Gasteiger partial charge is 0.493 e. The van der Waals surface area contributed by atoms with Gasteiger partial charge in [0.1, 0.15) is 12.7 Å². The zero-order chi connectivity index (χ0) is 22.9. The normalized spacial score (nSPS) is 26.6. The van der Waals surface area contributed by atoms with E-state index in [1.54, 1.807) is 7.11 Å². The third kappa shape index (κ3) is 5.39. The van der Waals surface area contributed by atoms with Crippen molar-refractivity contribution in [3.63, 3.8) is 0 Å². The van der Waals surface area contributed by atoms with E-state index in [9.17, 15) is 10.4 Å². The number of nitriles is 1. The summed E-state index contributed by atoms with van der Waals surface area (Å²) >= 11 is 0. The first-order valence-electron chi connectivity index (χ1n) is 12.1. The maximum Gasteiger partial charge on any atom is 0.161 e. The number of benzene rings is 1. The summed E-state index contributed by atoms with van der Waals surface area (Å²) in [6.07, 6.45) is 4.36. The van der Waals surface area contributed by atoms with E-state index in [1.165, 1.54) is 11.1 Å². The van der Waals surface area contributed by atoms with Crippen LogP contribution < -0.4 is 9.47 Å². The lowest BCUT2D eigenvalue weighted by atomic mass is 9.75. The van der Waals surface area contributed by atoms with Gasteiger partial charge < -0.3 is 19.3 Å². The lowest BCUT2D eigenvalue weighted by Crippen LogP contribution is -2.48. The second-order valence-electron chi connectivity index (χ2n) is 10.9. The molecule has 1 aromatic carbocycles. The highest BCUT2D eigenvalue weighted by Gasteiger charge is 2.40. The highest BCUT2D eigenvalue weighted by molar-refractivity contribution is 5.49.